The van der Waals surface area contributed by atoms with Gasteiger partial charge < -0.3 is 5.32 Å². The van der Waals surface area contributed by atoms with E-state index in [0.717, 1.165) is 12.8 Å². The van der Waals surface area contributed by atoms with Gasteiger partial charge in [-0.25, -0.2) is 4.98 Å². The molecule has 6 nitrogen and oxygen atoms in total. The minimum absolute atomic E-state index is 0.0215. The summed E-state index contributed by atoms with van der Waals surface area (Å²) in [5, 5.41) is 9.09. The fraction of sp³-hybridized carbons (Fsp3) is 0.412. The third-order valence-corrected chi connectivity index (χ3v) is 4.17. The van der Waals surface area contributed by atoms with Gasteiger partial charge in [-0.15, -0.1) is 0 Å². The van der Waals surface area contributed by atoms with Crippen LogP contribution in [0.5, 0.6) is 0 Å². The van der Waals surface area contributed by atoms with Crippen molar-refractivity contribution in [1.82, 2.24) is 20.5 Å². The van der Waals surface area contributed by atoms with Crippen molar-refractivity contribution in [2.45, 2.75) is 45.1 Å². The van der Waals surface area contributed by atoms with Crippen LogP contribution in [0.2, 0.25) is 0 Å². The molecule has 0 saturated carbocycles. The van der Waals surface area contributed by atoms with Crippen LogP contribution >= 0.6 is 0 Å². The monoisotopic (exact) mass is 312 g/mol. The standard InChI is InChI=1S/C17H20N4O2/c22-15(7-8-17(23)18-10-16-19-11-20-21-16)14-6-5-12-3-1-2-4-13(12)9-14/h5-6,9,11H,1-4,7-8,10H2,(H,18,23)(H,19,20,21). The number of aryl methyl sites for hydroxylation is 2. The first-order valence-electron chi connectivity index (χ1n) is 7.98. The van der Waals surface area contributed by atoms with Gasteiger partial charge in [-0.1, -0.05) is 12.1 Å². The molecule has 23 heavy (non-hydrogen) atoms. The van der Waals surface area contributed by atoms with Gasteiger partial charge in [0.2, 0.25) is 5.91 Å². The summed E-state index contributed by atoms with van der Waals surface area (Å²) < 4.78 is 0. The zero-order valence-electron chi connectivity index (χ0n) is 13.0. The summed E-state index contributed by atoms with van der Waals surface area (Å²) in [5.41, 5.74) is 3.36. The van der Waals surface area contributed by atoms with Crippen molar-refractivity contribution in [3.05, 3.63) is 47.0 Å². The van der Waals surface area contributed by atoms with Crippen molar-refractivity contribution in [2.24, 2.45) is 0 Å². The molecular formula is C17H20N4O2. The minimum Gasteiger partial charge on any atom is -0.349 e. The molecular weight excluding hydrogens is 292 g/mol. The van der Waals surface area contributed by atoms with E-state index < -0.39 is 0 Å². The summed E-state index contributed by atoms with van der Waals surface area (Å²) >= 11 is 0. The van der Waals surface area contributed by atoms with E-state index in [4.69, 9.17) is 0 Å². The van der Waals surface area contributed by atoms with Crippen molar-refractivity contribution >= 4 is 11.7 Å². The van der Waals surface area contributed by atoms with Crippen LogP contribution in [0.15, 0.2) is 24.5 Å². The van der Waals surface area contributed by atoms with Crippen LogP contribution in [-0.2, 0) is 24.2 Å². The summed E-state index contributed by atoms with van der Waals surface area (Å²) in [4.78, 5) is 28.0. The Morgan fingerprint density at radius 3 is 2.74 bits per heavy atom. The first kappa shape index (κ1) is 15.4. The lowest BCUT2D eigenvalue weighted by atomic mass is 9.89. The van der Waals surface area contributed by atoms with Gasteiger partial charge in [0.05, 0.1) is 6.54 Å². The van der Waals surface area contributed by atoms with Crippen molar-refractivity contribution in [3.63, 3.8) is 0 Å². The molecule has 1 amide bonds. The van der Waals surface area contributed by atoms with Crippen molar-refractivity contribution in [3.8, 4) is 0 Å². The maximum Gasteiger partial charge on any atom is 0.220 e. The lowest BCUT2D eigenvalue weighted by Crippen LogP contribution is -2.23. The summed E-state index contributed by atoms with van der Waals surface area (Å²) in [6.45, 7) is 0.297. The normalized spacial score (nSPS) is 13.4. The van der Waals surface area contributed by atoms with E-state index in [9.17, 15) is 9.59 Å². The van der Waals surface area contributed by atoms with Crippen molar-refractivity contribution < 1.29 is 9.59 Å². The molecule has 1 aromatic carbocycles. The predicted octanol–water partition coefficient (Wildman–Crippen LogP) is 1.96. The number of carbonyl (C=O) groups is 2. The number of benzene rings is 1. The van der Waals surface area contributed by atoms with E-state index in [2.05, 4.69) is 26.6 Å². The van der Waals surface area contributed by atoms with E-state index in [-0.39, 0.29) is 24.5 Å². The Bertz CT molecular complexity index is 695. The molecule has 0 aliphatic heterocycles. The van der Waals surface area contributed by atoms with Crippen LogP contribution < -0.4 is 5.32 Å². The second-order valence-electron chi connectivity index (χ2n) is 5.82. The van der Waals surface area contributed by atoms with Crippen LogP contribution in [0.25, 0.3) is 0 Å². The Balaban J connectivity index is 1.50. The number of carbonyl (C=O) groups excluding carboxylic acids is 2. The highest BCUT2D eigenvalue weighted by Crippen LogP contribution is 2.22. The maximum absolute atomic E-state index is 12.3. The smallest absolute Gasteiger partial charge is 0.220 e. The van der Waals surface area contributed by atoms with Crippen LogP contribution in [0, 0.1) is 0 Å². The Labute approximate surface area is 134 Å². The molecule has 1 aliphatic carbocycles. The molecule has 1 heterocycles. The molecule has 0 spiro atoms. The molecule has 0 saturated heterocycles. The van der Waals surface area contributed by atoms with Crippen molar-refractivity contribution in [1.29, 1.82) is 0 Å². The molecule has 0 fully saturated rings. The van der Waals surface area contributed by atoms with Crippen LogP contribution in [0.1, 0.15) is 53.0 Å². The fourth-order valence-corrected chi connectivity index (χ4v) is 2.86. The number of nitrogens with zero attached hydrogens (tertiary/aromatic N) is 2. The second kappa shape index (κ2) is 7.17. The van der Waals surface area contributed by atoms with E-state index in [0.29, 0.717) is 17.9 Å². The number of ketones is 1. The SMILES string of the molecule is O=C(CCC(=O)c1ccc2c(c1)CCCC2)NCc1ncn[nH]1. The number of H-pyrrole nitrogens is 1. The lowest BCUT2D eigenvalue weighted by molar-refractivity contribution is -0.121. The van der Waals surface area contributed by atoms with Crippen LogP contribution in [0.3, 0.4) is 0 Å². The first-order chi connectivity index (χ1) is 11.2. The highest BCUT2D eigenvalue weighted by Gasteiger charge is 2.14. The highest BCUT2D eigenvalue weighted by molar-refractivity contribution is 5.98. The molecule has 1 aliphatic rings. The molecule has 0 radical (unpaired) electrons. The number of Topliss-reactive ketones (excluding diaryl/α,β-unsaturated/α-hetero) is 1. The van der Waals surface area contributed by atoms with Crippen LogP contribution in [0.4, 0.5) is 0 Å². The lowest BCUT2D eigenvalue weighted by Gasteiger charge is -2.16. The molecule has 1 aromatic heterocycles. The topological polar surface area (TPSA) is 87.7 Å². The van der Waals surface area contributed by atoms with Gasteiger partial charge in [-0.05, 0) is 42.9 Å². The summed E-state index contributed by atoms with van der Waals surface area (Å²) in [7, 11) is 0. The van der Waals surface area contributed by atoms with Gasteiger partial charge in [-0.3, -0.25) is 14.7 Å². The Hall–Kier alpha value is -2.50. The average Bonchev–Trinajstić information content (AvgIpc) is 3.11. The number of nitrogens with one attached hydrogen (secondary N) is 2. The van der Waals surface area contributed by atoms with Crippen molar-refractivity contribution in [2.75, 3.05) is 0 Å². The minimum atomic E-state index is -0.160. The predicted molar refractivity (Wildman–Crippen MR) is 84.9 cm³/mol. The third-order valence-electron chi connectivity index (χ3n) is 4.17. The van der Waals surface area contributed by atoms with Gasteiger partial charge in [0, 0.05) is 18.4 Å². The van der Waals surface area contributed by atoms with Crippen LogP contribution in [-0.4, -0.2) is 26.9 Å². The summed E-state index contributed by atoms with van der Waals surface area (Å²) in [6.07, 6.45) is 6.37. The second-order valence-corrected chi connectivity index (χ2v) is 5.82. The molecule has 0 unspecified atom stereocenters. The number of rotatable bonds is 6. The van der Waals surface area contributed by atoms with Gasteiger partial charge in [0.25, 0.3) is 0 Å². The Morgan fingerprint density at radius 2 is 1.96 bits per heavy atom. The number of fused-ring (bicyclic) bond motifs is 1. The highest BCUT2D eigenvalue weighted by atomic mass is 16.2. The molecule has 0 atom stereocenters. The number of aromatic nitrogens is 3. The average molecular weight is 312 g/mol. The van der Waals surface area contributed by atoms with E-state index in [1.54, 1.807) is 0 Å². The number of hydrogen-bond acceptors (Lipinski definition) is 4. The zero-order valence-corrected chi connectivity index (χ0v) is 13.0. The summed E-state index contributed by atoms with van der Waals surface area (Å²) in [6, 6.07) is 5.95. The molecule has 2 aromatic rings. The first-order valence-corrected chi connectivity index (χ1v) is 7.98. The van der Waals surface area contributed by atoms with Gasteiger partial charge in [0.1, 0.15) is 12.2 Å². The number of amides is 1. The number of aromatic amines is 1. The fourth-order valence-electron chi connectivity index (χ4n) is 2.86. The zero-order chi connectivity index (χ0) is 16.1. The molecule has 2 N–H and O–H groups in total. The van der Waals surface area contributed by atoms with E-state index in [1.165, 1.54) is 30.3 Å². The molecule has 0 bridgehead atoms. The van der Waals surface area contributed by atoms with E-state index in [1.807, 2.05) is 12.1 Å². The maximum atomic E-state index is 12.3. The Kier molecular flexibility index (Phi) is 4.80. The summed E-state index contributed by atoms with van der Waals surface area (Å²) in [5.74, 6) is 0.459. The third kappa shape index (κ3) is 4.03. The van der Waals surface area contributed by atoms with Gasteiger partial charge in [-0.2, -0.15) is 5.10 Å². The Morgan fingerprint density at radius 1 is 1.13 bits per heavy atom. The molecule has 3 rings (SSSR count). The molecule has 6 heteroatoms. The number of hydrogen-bond donors (Lipinski definition) is 2. The van der Waals surface area contributed by atoms with Gasteiger partial charge in [0.15, 0.2) is 5.78 Å². The largest absolute Gasteiger partial charge is 0.349 e. The van der Waals surface area contributed by atoms with E-state index >= 15 is 0 Å². The van der Waals surface area contributed by atoms with Gasteiger partial charge >= 0.3 is 0 Å². The quantitative estimate of drug-likeness (QED) is 0.798. The molecule has 120 valence electrons.